The predicted molar refractivity (Wildman–Crippen MR) is 121 cm³/mol. The number of benzene rings is 2. The molecule has 28 heavy (non-hydrogen) atoms. The summed E-state index contributed by atoms with van der Waals surface area (Å²) in [4.78, 5) is 16.6. The van der Waals surface area contributed by atoms with Crippen molar-refractivity contribution in [2.45, 2.75) is 12.8 Å². The van der Waals surface area contributed by atoms with E-state index in [0.29, 0.717) is 17.8 Å². The van der Waals surface area contributed by atoms with Crippen LogP contribution in [0.25, 0.3) is 21.2 Å². The molecule has 2 heterocycles. The highest BCUT2D eigenvalue weighted by molar-refractivity contribution is 14.1. The van der Waals surface area contributed by atoms with Crippen molar-refractivity contribution in [3.8, 4) is 11.1 Å². The fourth-order valence-electron chi connectivity index (χ4n) is 3.22. The molecule has 140 valence electrons. The van der Waals surface area contributed by atoms with Crippen LogP contribution in [0.2, 0.25) is 0 Å². The van der Waals surface area contributed by atoms with Gasteiger partial charge in [0, 0.05) is 33.6 Å². The monoisotopic (exact) mass is 502 g/mol. The fourth-order valence-corrected chi connectivity index (χ4v) is 4.99. The van der Waals surface area contributed by atoms with Crippen LogP contribution in [0.4, 0.5) is 10.2 Å². The van der Waals surface area contributed by atoms with E-state index in [4.69, 9.17) is 5.73 Å². The van der Waals surface area contributed by atoms with Gasteiger partial charge in [0.15, 0.2) is 0 Å². The molecular formula is C22H16FIN2OS. The maximum Gasteiger partial charge on any atom is 0.141 e. The molecular weight excluding hydrogens is 486 g/mol. The van der Waals surface area contributed by atoms with Gasteiger partial charge < -0.3 is 5.73 Å². The van der Waals surface area contributed by atoms with Crippen LogP contribution in [0.3, 0.4) is 0 Å². The molecule has 2 aromatic carbocycles. The SMILES string of the molecule is Nc1ncc(I)c2scc(-c3ccc(CC(=O)Cc4cccc(F)c4)cc3)c12. The van der Waals surface area contributed by atoms with Crippen LogP contribution in [0.5, 0.6) is 0 Å². The maximum absolute atomic E-state index is 13.3. The number of Topliss-reactive ketones (excluding diaryl/α,β-unsaturated/α-hetero) is 1. The van der Waals surface area contributed by atoms with Gasteiger partial charge in [-0.25, -0.2) is 9.37 Å². The van der Waals surface area contributed by atoms with E-state index in [-0.39, 0.29) is 18.0 Å². The van der Waals surface area contributed by atoms with E-state index in [2.05, 4.69) is 33.0 Å². The van der Waals surface area contributed by atoms with Crippen molar-refractivity contribution >= 4 is 55.6 Å². The van der Waals surface area contributed by atoms with E-state index in [1.165, 1.54) is 12.1 Å². The minimum atomic E-state index is -0.318. The Kier molecular flexibility index (Phi) is 5.41. The average molecular weight is 502 g/mol. The van der Waals surface area contributed by atoms with Crippen LogP contribution in [0, 0.1) is 9.39 Å². The standard InChI is InChI=1S/C22H16FIN2OS/c23-16-3-1-2-14(8-16)10-17(27)9-13-4-6-15(7-5-13)18-12-28-21-19(24)11-26-22(25)20(18)21/h1-8,11-12H,9-10H2,(H2,25,26). The largest absolute Gasteiger partial charge is 0.383 e. The highest BCUT2D eigenvalue weighted by Gasteiger charge is 2.13. The van der Waals surface area contributed by atoms with Gasteiger partial charge in [0.2, 0.25) is 0 Å². The Morgan fingerprint density at radius 3 is 2.61 bits per heavy atom. The van der Waals surface area contributed by atoms with Crippen LogP contribution < -0.4 is 5.73 Å². The number of aromatic nitrogens is 1. The quantitative estimate of drug-likeness (QED) is 0.360. The van der Waals surface area contributed by atoms with Crippen LogP contribution in [0.15, 0.2) is 60.1 Å². The molecule has 0 bridgehead atoms. The van der Waals surface area contributed by atoms with Crippen LogP contribution in [-0.2, 0) is 17.6 Å². The second kappa shape index (κ2) is 7.97. The summed E-state index contributed by atoms with van der Waals surface area (Å²) in [7, 11) is 0. The van der Waals surface area contributed by atoms with Crippen LogP contribution in [0.1, 0.15) is 11.1 Å². The minimum absolute atomic E-state index is 0.0577. The molecule has 2 N–H and O–H groups in total. The molecule has 0 saturated carbocycles. The van der Waals surface area contributed by atoms with Gasteiger partial charge in [-0.2, -0.15) is 0 Å². The maximum atomic E-state index is 13.3. The summed E-state index contributed by atoms with van der Waals surface area (Å²) in [5.74, 6) is 0.268. The first-order valence-corrected chi connectivity index (χ1v) is 10.6. The molecule has 3 nitrogen and oxygen atoms in total. The molecule has 0 atom stereocenters. The lowest BCUT2D eigenvalue weighted by Crippen LogP contribution is -2.06. The molecule has 0 aliphatic rings. The number of carbonyl (C=O) groups excluding carboxylic acids is 1. The van der Waals surface area contributed by atoms with Gasteiger partial charge in [-0.15, -0.1) is 11.3 Å². The van der Waals surface area contributed by atoms with E-state index < -0.39 is 0 Å². The van der Waals surface area contributed by atoms with Gasteiger partial charge in [0.1, 0.15) is 17.4 Å². The second-order valence-electron chi connectivity index (χ2n) is 6.56. The number of nitrogen functional groups attached to an aromatic ring is 1. The minimum Gasteiger partial charge on any atom is -0.383 e. The zero-order chi connectivity index (χ0) is 19.7. The Hall–Kier alpha value is -2.32. The van der Waals surface area contributed by atoms with E-state index >= 15 is 0 Å². The molecule has 0 amide bonds. The second-order valence-corrected chi connectivity index (χ2v) is 8.61. The zero-order valence-corrected chi connectivity index (χ0v) is 17.8. The number of thiophene rings is 1. The lowest BCUT2D eigenvalue weighted by molar-refractivity contribution is -0.117. The molecule has 0 radical (unpaired) electrons. The number of carbonyl (C=O) groups is 1. The molecule has 0 fully saturated rings. The number of anilines is 1. The Morgan fingerprint density at radius 1 is 1.11 bits per heavy atom. The molecule has 4 aromatic rings. The van der Waals surface area contributed by atoms with Crippen molar-refractivity contribution in [3.05, 3.63) is 80.6 Å². The third-order valence-electron chi connectivity index (χ3n) is 4.54. The molecule has 4 rings (SSSR count). The first-order valence-electron chi connectivity index (χ1n) is 8.68. The first-order chi connectivity index (χ1) is 13.5. The van der Waals surface area contributed by atoms with Gasteiger partial charge in [-0.05, 0) is 56.8 Å². The predicted octanol–water partition coefficient (Wildman–Crippen LogP) is 5.64. The van der Waals surface area contributed by atoms with Gasteiger partial charge in [0.25, 0.3) is 0 Å². The van der Waals surface area contributed by atoms with Crippen molar-refractivity contribution < 1.29 is 9.18 Å². The molecule has 0 aliphatic heterocycles. The van der Waals surface area contributed by atoms with E-state index in [1.54, 1.807) is 29.7 Å². The number of pyridine rings is 1. The number of hydrogen-bond acceptors (Lipinski definition) is 4. The first kappa shape index (κ1) is 19.0. The van der Waals surface area contributed by atoms with Gasteiger partial charge in [0.05, 0.1) is 4.70 Å². The number of nitrogens with zero attached hydrogens (tertiary/aromatic N) is 1. The van der Waals surface area contributed by atoms with Crippen molar-refractivity contribution in [1.29, 1.82) is 0 Å². The molecule has 2 aromatic heterocycles. The van der Waals surface area contributed by atoms with Crippen molar-refractivity contribution in [2.24, 2.45) is 0 Å². The number of hydrogen-bond donors (Lipinski definition) is 1. The third kappa shape index (κ3) is 3.93. The summed E-state index contributed by atoms with van der Waals surface area (Å²) in [6.07, 6.45) is 2.34. The molecule has 0 unspecified atom stereocenters. The molecule has 0 spiro atoms. The number of fused-ring (bicyclic) bond motifs is 1. The highest BCUT2D eigenvalue weighted by atomic mass is 127. The Morgan fingerprint density at radius 2 is 1.86 bits per heavy atom. The number of halogens is 2. The fraction of sp³-hybridized carbons (Fsp3) is 0.0909. The summed E-state index contributed by atoms with van der Waals surface area (Å²) in [6, 6.07) is 14.1. The van der Waals surface area contributed by atoms with E-state index in [1.807, 2.05) is 24.3 Å². The lowest BCUT2D eigenvalue weighted by Gasteiger charge is -2.06. The van der Waals surface area contributed by atoms with Crippen molar-refractivity contribution in [3.63, 3.8) is 0 Å². The van der Waals surface area contributed by atoms with Crippen LogP contribution in [-0.4, -0.2) is 10.8 Å². The summed E-state index contributed by atoms with van der Waals surface area (Å²) >= 11 is 3.92. The van der Waals surface area contributed by atoms with Gasteiger partial charge >= 0.3 is 0 Å². The Balaban J connectivity index is 1.53. The Labute approximate surface area is 179 Å². The summed E-state index contributed by atoms with van der Waals surface area (Å²) in [6.45, 7) is 0. The normalized spacial score (nSPS) is 11.1. The van der Waals surface area contributed by atoms with E-state index in [0.717, 1.165) is 30.3 Å². The molecule has 0 aliphatic carbocycles. The van der Waals surface area contributed by atoms with Crippen LogP contribution >= 0.6 is 33.9 Å². The zero-order valence-electron chi connectivity index (χ0n) is 14.8. The van der Waals surface area contributed by atoms with Gasteiger partial charge in [-0.3, -0.25) is 4.79 Å². The van der Waals surface area contributed by atoms with Crippen molar-refractivity contribution in [2.75, 3.05) is 5.73 Å². The summed E-state index contributed by atoms with van der Waals surface area (Å²) in [5, 5.41) is 3.07. The number of nitrogens with two attached hydrogens (primary N) is 1. The summed E-state index contributed by atoms with van der Waals surface area (Å²) in [5.41, 5.74) is 9.84. The number of ketones is 1. The molecule has 6 heteroatoms. The van der Waals surface area contributed by atoms with Crippen molar-refractivity contribution in [1.82, 2.24) is 4.98 Å². The smallest absolute Gasteiger partial charge is 0.141 e. The molecule has 0 saturated heterocycles. The highest BCUT2D eigenvalue weighted by Crippen LogP contribution is 2.38. The van der Waals surface area contributed by atoms with Gasteiger partial charge in [-0.1, -0.05) is 36.4 Å². The Bertz CT molecular complexity index is 1170. The summed E-state index contributed by atoms with van der Waals surface area (Å²) < 4.78 is 15.5. The topological polar surface area (TPSA) is 56.0 Å². The average Bonchev–Trinajstić information content (AvgIpc) is 3.12. The third-order valence-corrected chi connectivity index (χ3v) is 6.73. The number of rotatable bonds is 5. The van der Waals surface area contributed by atoms with E-state index in [9.17, 15) is 9.18 Å². The lowest BCUT2D eigenvalue weighted by atomic mass is 9.99.